The maximum atomic E-state index is 10.7. The quantitative estimate of drug-likeness (QED) is 0.629. The van der Waals surface area contributed by atoms with E-state index in [1.165, 1.54) is 0 Å². The molecular formula is C9H6BrNOS. The highest BCUT2D eigenvalue weighted by atomic mass is 79.9. The first-order valence-corrected chi connectivity index (χ1v) is 5.31. The van der Waals surface area contributed by atoms with Crippen LogP contribution in [0.25, 0.3) is 10.1 Å². The molecule has 1 heterocycles. The van der Waals surface area contributed by atoms with Gasteiger partial charge >= 0.3 is 0 Å². The molecule has 0 spiro atoms. The predicted octanol–water partition coefficient (Wildman–Crippen LogP) is 3.06. The SMILES string of the molecule is Nc1cc(C=O)c2sccc2c1Br. The van der Waals surface area contributed by atoms with Gasteiger partial charge in [0.2, 0.25) is 0 Å². The average molecular weight is 256 g/mol. The number of aldehydes is 1. The molecule has 0 bridgehead atoms. The molecule has 66 valence electrons. The van der Waals surface area contributed by atoms with E-state index in [1.807, 2.05) is 11.4 Å². The Labute approximate surface area is 87.5 Å². The van der Waals surface area contributed by atoms with Crippen LogP contribution in [0.1, 0.15) is 10.4 Å². The highest BCUT2D eigenvalue weighted by Crippen LogP contribution is 2.34. The number of thiophene rings is 1. The molecule has 0 aliphatic heterocycles. The zero-order valence-electron chi connectivity index (χ0n) is 6.58. The molecule has 2 aromatic rings. The Morgan fingerprint density at radius 3 is 3.00 bits per heavy atom. The molecule has 0 aliphatic rings. The van der Waals surface area contributed by atoms with Crippen LogP contribution in [0.3, 0.4) is 0 Å². The van der Waals surface area contributed by atoms with Crippen molar-refractivity contribution in [3.63, 3.8) is 0 Å². The molecule has 0 saturated heterocycles. The van der Waals surface area contributed by atoms with E-state index >= 15 is 0 Å². The summed E-state index contributed by atoms with van der Waals surface area (Å²) in [7, 11) is 0. The molecule has 0 saturated carbocycles. The molecule has 2 rings (SSSR count). The summed E-state index contributed by atoms with van der Waals surface area (Å²) in [5, 5.41) is 2.95. The topological polar surface area (TPSA) is 43.1 Å². The van der Waals surface area contributed by atoms with Gasteiger partial charge in [-0.3, -0.25) is 4.79 Å². The van der Waals surface area contributed by atoms with E-state index in [2.05, 4.69) is 15.9 Å². The van der Waals surface area contributed by atoms with Gasteiger partial charge in [-0.2, -0.15) is 0 Å². The first-order valence-electron chi connectivity index (χ1n) is 3.64. The fourth-order valence-corrected chi connectivity index (χ4v) is 2.70. The van der Waals surface area contributed by atoms with E-state index in [1.54, 1.807) is 17.4 Å². The number of halogens is 1. The van der Waals surface area contributed by atoms with Crippen LogP contribution in [0, 0.1) is 0 Å². The standard InChI is InChI=1S/C9H6BrNOS/c10-8-6-1-2-13-9(6)5(4-12)3-7(8)11/h1-4H,11H2. The predicted molar refractivity (Wildman–Crippen MR) is 59.3 cm³/mol. The molecule has 4 heteroatoms. The second-order valence-corrected chi connectivity index (χ2v) is 4.36. The number of carbonyl (C=O) groups excluding carboxylic acids is 1. The van der Waals surface area contributed by atoms with E-state index in [0.29, 0.717) is 11.3 Å². The van der Waals surface area contributed by atoms with Gasteiger partial charge in [-0.05, 0) is 33.4 Å². The van der Waals surface area contributed by atoms with Gasteiger partial charge in [0.25, 0.3) is 0 Å². The molecular weight excluding hydrogens is 250 g/mol. The highest BCUT2D eigenvalue weighted by Gasteiger charge is 2.08. The lowest BCUT2D eigenvalue weighted by atomic mass is 10.1. The summed E-state index contributed by atoms with van der Waals surface area (Å²) in [6.45, 7) is 0. The van der Waals surface area contributed by atoms with E-state index in [-0.39, 0.29) is 0 Å². The van der Waals surface area contributed by atoms with Crippen molar-refractivity contribution in [1.82, 2.24) is 0 Å². The van der Waals surface area contributed by atoms with Crippen molar-refractivity contribution in [2.45, 2.75) is 0 Å². The largest absolute Gasteiger partial charge is 0.398 e. The Morgan fingerprint density at radius 1 is 1.54 bits per heavy atom. The van der Waals surface area contributed by atoms with Crippen LogP contribution in [0.4, 0.5) is 5.69 Å². The van der Waals surface area contributed by atoms with E-state index in [0.717, 1.165) is 20.8 Å². The fourth-order valence-electron chi connectivity index (χ4n) is 1.25. The Hall–Kier alpha value is -0.870. The molecule has 2 N–H and O–H groups in total. The summed E-state index contributed by atoms with van der Waals surface area (Å²) >= 11 is 4.93. The smallest absolute Gasteiger partial charge is 0.151 e. The third-order valence-electron chi connectivity index (χ3n) is 1.86. The molecule has 1 aromatic carbocycles. The van der Waals surface area contributed by atoms with Crippen LogP contribution in [-0.4, -0.2) is 6.29 Å². The Kier molecular flexibility index (Phi) is 2.09. The molecule has 0 unspecified atom stereocenters. The zero-order valence-corrected chi connectivity index (χ0v) is 8.98. The monoisotopic (exact) mass is 255 g/mol. The minimum atomic E-state index is 0.605. The lowest BCUT2D eigenvalue weighted by Gasteiger charge is -2.01. The third-order valence-corrected chi connectivity index (χ3v) is 3.70. The first-order chi connectivity index (χ1) is 6.24. The number of anilines is 1. The molecule has 1 aromatic heterocycles. The minimum Gasteiger partial charge on any atom is -0.398 e. The number of nitrogen functional groups attached to an aromatic ring is 1. The lowest BCUT2D eigenvalue weighted by Crippen LogP contribution is -1.90. The third kappa shape index (κ3) is 1.26. The second kappa shape index (κ2) is 3.12. The number of nitrogens with two attached hydrogens (primary N) is 1. The summed E-state index contributed by atoms with van der Waals surface area (Å²) in [5.74, 6) is 0. The Bertz CT molecular complexity index is 478. The maximum Gasteiger partial charge on any atom is 0.151 e. The van der Waals surface area contributed by atoms with Crippen LogP contribution in [0.2, 0.25) is 0 Å². The molecule has 2 nitrogen and oxygen atoms in total. The van der Waals surface area contributed by atoms with Gasteiger partial charge in [-0.15, -0.1) is 11.3 Å². The van der Waals surface area contributed by atoms with Gasteiger partial charge in [0.1, 0.15) is 0 Å². The van der Waals surface area contributed by atoms with Gasteiger partial charge in [0, 0.05) is 25.8 Å². The van der Waals surface area contributed by atoms with Crippen molar-refractivity contribution in [2.75, 3.05) is 5.73 Å². The van der Waals surface area contributed by atoms with Crippen molar-refractivity contribution in [3.05, 3.63) is 27.5 Å². The summed E-state index contributed by atoms with van der Waals surface area (Å²) < 4.78 is 1.85. The van der Waals surface area contributed by atoms with Crippen LogP contribution >= 0.6 is 27.3 Å². The molecule has 0 atom stereocenters. The van der Waals surface area contributed by atoms with E-state index in [9.17, 15) is 4.79 Å². The maximum absolute atomic E-state index is 10.7. The number of fused-ring (bicyclic) bond motifs is 1. The van der Waals surface area contributed by atoms with Crippen LogP contribution in [0.15, 0.2) is 22.0 Å². The molecule has 0 amide bonds. The van der Waals surface area contributed by atoms with Gasteiger partial charge in [0.15, 0.2) is 6.29 Å². The molecule has 13 heavy (non-hydrogen) atoms. The van der Waals surface area contributed by atoms with Crippen molar-refractivity contribution >= 4 is 49.3 Å². The molecule has 0 aliphatic carbocycles. The van der Waals surface area contributed by atoms with Crippen molar-refractivity contribution in [3.8, 4) is 0 Å². The molecule has 0 radical (unpaired) electrons. The number of hydrogen-bond acceptors (Lipinski definition) is 3. The summed E-state index contributed by atoms with van der Waals surface area (Å²) in [4.78, 5) is 10.7. The van der Waals surface area contributed by atoms with E-state index in [4.69, 9.17) is 5.73 Å². The minimum absolute atomic E-state index is 0.605. The van der Waals surface area contributed by atoms with Crippen molar-refractivity contribution in [1.29, 1.82) is 0 Å². The number of rotatable bonds is 1. The van der Waals surface area contributed by atoms with Gasteiger partial charge < -0.3 is 5.73 Å². The first kappa shape index (κ1) is 8.72. The number of hydrogen-bond donors (Lipinski definition) is 1. The lowest BCUT2D eigenvalue weighted by molar-refractivity contribution is 0.112. The number of carbonyl (C=O) groups is 1. The van der Waals surface area contributed by atoms with Crippen molar-refractivity contribution < 1.29 is 4.79 Å². The van der Waals surface area contributed by atoms with Gasteiger partial charge in [-0.25, -0.2) is 0 Å². The average Bonchev–Trinajstić information content (AvgIpc) is 2.60. The van der Waals surface area contributed by atoms with Crippen LogP contribution in [0.5, 0.6) is 0 Å². The highest BCUT2D eigenvalue weighted by molar-refractivity contribution is 9.10. The van der Waals surface area contributed by atoms with Crippen molar-refractivity contribution in [2.24, 2.45) is 0 Å². The number of benzene rings is 1. The summed E-state index contributed by atoms with van der Waals surface area (Å²) in [6, 6.07) is 3.64. The van der Waals surface area contributed by atoms with Crippen LogP contribution in [-0.2, 0) is 0 Å². The Morgan fingerprint density at radius 2 is 2.31 bits per heavy atom. The van der Waals surface area contributed by atoms with Gasteiger partial charge in [-0.1, -0.05) is 0 Å². The molecule has 0 fully saturated rings. The normalized spacial score (nSPS) is 10.5. The van der Waals surface area contributed by atoms with Crippen LogP contribution < -0.4 is 5.73 Å². The summed E-state index contributed by atoms with van der Waals surface area (Å²) in [5.41, 5.74) is 6.98. The second-order valence-electron chi connectivity index (χ2n) is 2.65. The summed E-state index contributed by atoms with van der Waals surface area (Å²) in [6.07, 6.45) is 0.835. The van der Waals surface area contributed by atoms with E-state index < -0.39 is 0 Å². The fraction of sp³-hybridized carbons (Fsp3) is 0. The zero-order chi connectivity index (χ0) is 9.42. The van der Waals surface area contributed by atoms with Gasteiger partial charge in [0.05, 0.1) is 0 Å². The Balaban J connectivity index is 2.95.